The predicted octanol–water partition coefficient (Wildman–Crippen LogP) is 2.77. The van der Waals surface area contributed by atoms with Gasteiger partial charge in [0.2, 0.25) is 0 Å². The zero-order chi connectivity index (χ0) is 16.7. The van der Waals surface area contributed by atoms with Crippen LogP contribution in [0.25, 0.3) is 0 Å². The van der Waals surface area contributed by atoms with Gasteiger partial charge in [-0.05, 0) is 24.6 Å². The number of hydrogen-bond donors (Lipinski definition) is 2. The molecule has 0 amide bonds. The van der Waals surface area contributed by atoms with Crippen LogP contribution in [0.4, 0.5) is 5.69 Å². The van der Waals surface area contributed by atoms with E-state index in [-0.39, 0.29) is 6.61 Å². The lowest BCUT2D eigenvalue weighted by Crippen LogP contribution is -2.34. The Bertz CT molecular complexity index is 630. The average molecular weight is 315 g/mol. The largest absolute Gasteiger partial charge is 0.495 e. The van der Waals surface area contributed by atoms with Crippen molar-refractivity contribution in [1.82, 2.24) is 0 Å². The lowest BCUT2D eigenvalue weighted by molar-refractivity contribution is -0.153. The van der Waals surface area contributed by atoms with Crippen molar-refractivity contribution in [2.75, 3.05) is 19.0 Å². The van der Waals surface area contributed by atoms with Gasteiger partial charge >= 0.3 is 5.97 Å². The Kier molecular flexibility index (Phi) is 6.00. The molecule has 0 heterocycles. The summed E-state index contributed by atoms with van der Waals surface area (Å²) < 4.78 is 10.2. The molecule has 0 saturated carbocycles. The summed E-state index contributed by atoms with van der Waals surface area (Å²) in [5.74, 6) is -0.0340. The highest BCUT2D eigenvalue weighted by Gasteiger charge is 2.29. The Hall–Kier alpha value is -2.53. The maximum absolute atomic E-state index is 12.0. The lowest BCUT2D eigenvalue weighted by atomic mass is 10.0. The molecule has 2 aromatic carbocycles. The monoisotopic (exact) mass is 315 g/mol. The minimum absolute atomic E-state index is 0.214. The maximum Gasteiger partial charge on any atom is 0.337 e. The van der Waals surface area contributed by atoms with Crippen LogP contribution in [0, 0.1) is 0 Å². The Morgan fingerprint density at radius 2 is 1.78 bits per heavy atom. The van der Waals surface area contributed by atoms with Gasteiger partial charge in [0.05, 0.1) is 25.4 Å². The molecule has 0 radical (unpaired) electrons. The van der Waals surface area contributed by atoms with E-state index in [1.807, 2.05) is 48.5 Å². The first kappa shape index (κ1) is 16.8. The number of carbonyl (C=O) groups is 1. The van der Waals surface area contributed by atoms with Crippen molar-refractivity contribution in [2.45, 2.75) is 19.1 Å². The average Bonchev–Trinajstić information content (AvgIpc) is 2.60. The highest BCUT2D eigenvalue weighted by atomic mass is 16.5. The number of benzene rings is 2. The summed E-state index contributed by atoms with van der Waals surface area (Å²) in [6.45, 7) is 1.92. The van der Waals surface area contributed by atoms with Gasteiger partial charge in [-0.1, -0.05) is 42.5 Å². The number of hydrogen-bond acceptors (Lipinski definition) is 5. The van der Waals surface area contributed by atoms with Gasteiger partial charge in [0.15, 0.2) is 6.10 Å². The summed E-state index contributed by atoms with van der Waals surface area (Å²) in [6.07, 6.45) is -1.33. The quantitative estimate of drug-likeness (QED) is 0.769. The SMILES string of the molecule is CCOC(=O)[C@@H](O)[C@H](Nc1ccccc1OC)c1ccccc1. The second-order valence-electron chi connectivity index (χ2n) is 4.93. The molecule has 0 aromatic heterocycles. The van der Waals surface area contributed by atoms with Gasteiger partial charge in [0.25, 0.3) is 0 Å². The molecule has 2 aromatic rings. The zero-order valence-corrected chi connectivity index (χ0v) is 13.2. The van der Waals surface area contributed by atoms with Crippen LogP contribution in [0.15, 0.2) is 54.6 Å². The highest BCUT2D eigenvalue weighted by Crippen LogP contribution is 2.29. The van der Waals surface area contributed by atoms with Crippen LogP contribution < -0.4 is 10.1 Å². The molecular weight excluding hydrogens is 294 g/mol. The Balaban J connectivity index is 2.32. The molecule has 23 heavy (non-hydrogen) atoms. The molecule has 2 atom stereocenters. The number of aliphatic hydroxyl groups is 1. The molecule has 5 heteroatoms. The summed E-state index contributed by atoms with van der Waals surface area (Å²) in [4.78, 5) is 12.0. The van der Waals surface area contributed by atoms with Crippen LogP contribution in [0.3, 0.4) is 0 Å². The molecule has 0 spiro atoms. The van der Waals surface area contributed by atoms with Crippen LogP contribution in [-0.2, 0) is 9.53 Å². The second kappa shape index (κ2) is 8.19. The van der Waals surface area contributed by atoms with E-state index in [4.69, 9.17) is 9.47 Å². The molecule has 5 nitrogen and oxygen atoms in total. The molecule has 0 saturated heterocycles. The normalized spacial score (nSPS) is 13.0. The summed E-state index contributed by atoms with van der Waals surface area (Å²) in [5.41, 5.74) is 1.46. The molecular formula is C18H21NO4. The van der Waals surface area contributed by atoms with Gasteiger partial charge in [-0.2, -0.15) is 0 Å². The van der Waals surface area contributed by atoms with Gasteiger partial charge < -0.3 is 19.9 Å². The third kappa shape index (κ3) is 4.23. The Labute approximate surface area is 135 Å². The van der Waals surface area contributed by atoms with Gasteiger partial charge in [-0.25, -0.2) is 4.79 Å². The first-order valence-corrected chi connectivity index (χ1v) is 7.46. The molecule has 0 bridgehead atoms. The maximum atomic E-state index is 12.0. The van der Waals surface area contributed by atoms with E-state index in [1.165, 1.54) is 0 Å². The fourth-order valence-corrected chi connectivity index (χ4v) is 2.30. The fraction of sp³-hybridized carbons (Fsp3) is 0.278. The first-order chi connectivity index (χ1) is 11.2. The molecule has 0 aliphatic rings. The van der Waals surface area contributed by atoms with Crippen LogP contribution in [-0.4, -0.2) is 30.9 Å². The number of anilines is 1. The Morgan fingerprint density at radius 3 is 2.43 bits per heavy atom. The van der Waals surface area contributed by atoms with Crippen molar-refractivity contribution < 1.29 is 19.4 Å². The van der Waals surface area contributed by atoms with E-state index in [2.05, 4.69) is 5.32 Å². The van der Waals surface area contributed by atoms with Crippen LogP contribution >= 0.6 is 0 Å². The number of ether oxygens (including phenoxy) is 2. The van der Waals surface area contributed by atoms with Crippen LogP contribution in [0.1, 0.15) is 18.5 Å². The summed E-state index contributed by atoms with van der Waals surface area (Å²) in [5, 5.41) is 13.6. The van der Waals surface area contributed by atoms with Gasteiger partial charge in [0.1, 0.15) is 5.75 Å². The number of para-hydroxylation sites is 2. The van der Waals surface area contributed by atoms with Gasteiger partial charge in [-0.3, -0.25) is 0 Å². The van der Waals surface area contributed by atoms with E-state index in [1.54, 1.807) is 20.1 Å². The zero-order valence-electron chi connectivity index (χ0n) is 13.2. The van der Waals surface area contributed by atoms with Crippen molar-refractivity contribution in [1.29, 1.82) is 0 Å². The van der Waals surface area contributed by atoms with Crippen LogP contribution in [0.5, 0.6) is 5.75 Å². The molecule has 0 aliphatic carbocycles. The van der Waals surface area contributed by atoms with Gasteiger partial charge in [0, 0.05) is 0 Å². The molecule has 122 valence electrons. The van der Waals surface area contributed by atoms with E-state index in [0.717, 1.165) is 5.56 Å². The van der Waals surface area contributed by atoms with Gasteiger partial charge in [-0.15, -0.1) is 0 Å². The summed E-state index contributed by atoms with van der Waals surface area (Å²) in [6, 6.07) is 16.0. The lowest BCUT2D eigenvalue weighted by Gasteiger charge is -2.25. The third-order valence-electron chi connectivity index (χ3n) is 3.42. The van der Waals surface area contributed by atoms with Crippen molar-refractivity contribution in [3.63, 3.8) is 0 Å². The van der Waals surface area contributed by atoms with Crippen molar-refractivity contribution >= 4 is 11.7 Å². The summed E-state index contributed by atoms with van der Waals surface area (Å²) >= 11 is 0. The Morgan fingerprint density at radius 1 is 1.13 bits per heavy atom. The molecule has 0 aliphatic heterocycles. The number of rotatable bonds is 7. The minimum atomic E-state index is -1.33. The predicted molar refractivity (Wildman–Crippen MR) is 88.4 cm³/mol. The smallest absolute Gasteiger partial charge is 0.337 e. The molecule has 2 N–H and O–H groups in total. The highest BCUT2D eigenvalue weighted by molar-refractivity contribution is 5.76. The number of esters is 1. The first-order valence-electron chi connectivity index (χ1n) is 7.46. The van der Waals surface area contributed by atoms with Crippen molar-refractivity contribution in [3.05, 3.63) is 60.2 Å². The van der Waals surface area contributed by atoms with E-state index < -0.39 is 18.1 Å². The standard InChI is InChI=1S/C18H21NO4/c1-3-23-18(21)17(20)16(13-9-5-4-6-10-13)19-14-11-7-8-12-15(14)22-2/h4-12,16-17,19-20H,3H2,1-2H3/t16-,17+/m1/s1. The fourth-order valence-electron chi connectivity index (χ4n) is 2.30. The molecule has 0 unspecified atom stereocenters. The van der Waals surface area contributed by atoms with E-state index in [9.17, 15) is 9.90 Å². The van der Waals surface area contributed by atoms with E-state index >= 15 is 0 Å². The summed E-state index contributed by atoms with van der Waals surface area (Å²) in [7, 11) is 1.57. The third-order valence-corrected chi connectivity index (χ3v) is 3.42. The molecule has 0 fully saturated rings. The van der Waals surface area contributed by atoms with Crippen LogP contribution in [0.2, 0.25) is 0 Å². The number of aliphatic hydroxyl groups excluding tert-OH is 1. The van der Waals surface area contributed by atoms with Crippen molar-refractivity contribution in [2.24, 2.45) is 0 Å². The minimum Gasteiger partial charge on any atom is -0.495 e. The van der Waals surface area contributed by atoms with E-state index in [0.29, 0.717) is 11.4 Å². The number of methoxy groups -OCH3 is 1. The van der Waals surface area contributed by atoms with Crippen molar-refractivity contribution in [3.8, 4) is 5.75 Å². The topological polar surface area (TPSA) is 67.8 Å². The molecule has 2 rings (SSSR count). The second-order valence-corrected chi connectivity index (χ2v) is 4.93. The number of nitrogens with one attached hydrogen (secondary N) is 1. The number of carbonyl (C=O) groups excluding carboxylic acids is 1.